The number of carboxylic acids is 1. The zero-order valence-electron chi connectivity index (χ0n) is 9.36. The van der Waals surface area contributed by atoms with Gasteiger partial charge in [0.2, 0.25) is 0 Å². The number of hydrogen-bond acceptors (Lipinski definition) is 3. The molecule has 0 saturated carbocycles. The van der Waals surface area contributed by atoms with E-state index >= 15 is 0 Å². The zero-order valence-corrected chi connectivity index (χ0v) is 11.7. The number of hydrogen-bond donors (Lipinski definition) is 1. The van der Waals surface area contributed by atoms with Crippen LogP contribution in [-0.2, 0) is 10.8 Å². The van der Waals surface area contributed by atoms with Gasteiger partial charge in [0.15, 0.2) is 0 Å². The fourth-order valence-corrected chi connectivity index (χ4v) is 3.53. The Kier molecular flexibility index (Phi) is 4.14. The Hall–Kier alpha value is -0.780. The van der Waals surface area contributed by atoms with Gasteiger partial charge >= 0.3 is 5.97 Å². The molecule has 0 aliphatic carbocycles. The largest absolute Gasteiger partial charge is 0.478 e. The maximum Gasteiger partial charge on any atom is 0.338 e. The van der Waals surface area contributed by atoms with Gasteiger partial charge in [-0.1, -0.05) is 23.2 Å². The summed E-state index contributed by atoms with van der Waals surface area (Å²) in [6.45, 7) is 1.32. The molecule has 1 N–H and O–H groups in total. The first-order valence-corrected chi connectivity index (χ1v) is 7.55. The molecular formula is C11H11Cl2NO3S. The Labute approximate surface area is 117 Å². The van der Waals surface area contributed by atoms with Gasteiger partial charge in [0, 0.05) is 41.1 Å². The van der Waals surface area contributed by atoms with Crippen molar-refractivity contribution in [3.63, 3.8) is 0 Å². The average molecular weight is 308 g/mol. The molecule has 1 aromatic rings. The number of aromatic carboxylic acids is 1. The monoisotopic (exact) mass is 307 g/mol. The van der Waals surface area contributed by atoms with Crippen molar-refractivity contribution in [2.24, 2.45) is 0 Å². The molecule has 1 aromatic carbocycles. The van der Waals surface area contributed by atoms with Gasteiger partial charge in [-0.05, 0) is 12.1 Å². The summed E-state index contributed by atoms with van der Waals surface area (Å²) in [6, 6.07) is 3.18. The molecule has 4 nitrogen and oxygen atoms in total. The molecule has 0 unspecified atom stereocenters. The second kappa shape index (κ2) is 5.47. The summed E-state index contributed by atoms with van der Waals surface area (Å²) in [5.74, 6) is 0.0718. The highest BCUT2D eigenvalue weighted by atomic mass is 35.5. The van der Waals surface area contributed by atoms with Crippen LogP contribution in [0, 0.1) is 0 Å². The van der Waals surface area contributed by atoms with E-state index in [-0.39, 0.29) is 15.6 Å². The van der Waals surface area contributed by atoms with Crippen LogP contribution in [0.25, 0.3) is 0 Å². The fraction of sp³-hybridized carbons (Fsp3) is 0.364. The normalized spacial score (nSPS) is 16.9. The number of carbonyl (C=O) groups is 1. The third-order valence-electron chi connectivity index (χ3n) is 2.78. The predicted molar refractivity (Wildman–Crippen MR) is 73.5 cm³/mol. The first-order valence-electron chi connectivity index (χ1n) is 5.31. The maximum absolute atomic E-state index is 11.3. The molecule has 0 radical (unpaired) electrons. The Morgan fingerprint density at radius 1 is 1.22 bits per heavy atom. The Morgan fingerprint density at radius 3 is 2.17 bits per heavy atom. The number of nitrogens with zero attached hydrogens (tertiary/aromatic N) is 1. The van der Waals surface area contributed by atoms with E-state index in [9.17, 15) is 9.00 Å². The molecule has 1 aliphatic rings. The summed E-state index contributed by atoms with van der Waals surface area (Å²) in [4.78, 5) is 13.0. The van der Waals surface area contributed by atoms with E-state index in [1.165, 1.54) is 0 Å². The molecule has 1 aliphatic heterocycles. The highest BCUT2D eigenvalue weighted by molar-refractivity contribution is 7.85. The van der Waals surface area contributed by atoms with Gasteiger partial charge in [0.05, 0.1) is 15.6 Å². The lowest BCUT2D eigenvalue weighted by molar-refractivity contribution is 0.0697. The van der Waals surface area contributed by atoms with Crippen LogP contribution < -0.4 is 4.90 Å². The number of rotatable bonds is 2. The first kappa shape index (κ1) is 13.6. The van der Waals surface area contributed by atoms with Gasteiger partial charge in [0.1, 0.15) is 0 Å². The van der Waals surface area contributed by atoms with E-state index in [4.69, 9.17) is 28.3 Å². The number of carboxylic acid groups (broad SMARTS) is 1. The minimum absolute atomic E-state index is 0.0809. The van der Waals surface area contributed by atoms with Crippen LogP contribution in [0.5, 0.6) is 0 Å². The number of benzene rings is 1. The predicted octanol–water partition coefficient (Wildman–Crippen LogP) is 2.26. The third-order valence-corrected chi connectivity index (χ3v) is 4.66. The lowest BCUT2D eigenvalue weighted by Gasteiger charge is -2.28. The summed E-state index contributed by atoms with van der Waals surface area (Å²) in [5.41, 5.74) is 0.689. The minimum atomic E-state index is -1.14. The highest BCUT2D eigenvalue weighted by Gasteiger charge is 2.20. The van der Waals surface area contributed by atoms with Crippen LogP contribution in [0.4, 0.5) is 5.69 Å². The molecule has 98 valence electrons. The van der Waals surface area contributed by atoms with Crippen molar-refractivity contribution in [2.75, 3.05) is 29.5 Å². The molecular weight excluding hydrogens is 297 g/mol. The van der Waals surface area contributed by atoms with Crippen molar-refractivity contribution in [2.45, 2.75) is 0 Å². The van der Waals surface area contributed by atoms with Crippen LogP contribution >= 0.6 is 23.2 Å². The highest BCUT2D eigenvalue weighted by Crippen LogP contribution is 2.31. The van der Waals surface area contributed by atoms with Crippen molar-refractivity contribution < 1.29 is 14.1 Å². The van der Waals surface area contributed by atoms with Crippen LogP contribution in [0.15, 0.2) is 12.1 Å². The molecule has 1 fully saturated rings. The molecule has 1 heterocycles. The SMILES string of the molecule is O=C(O)c1c(Cl)cc(N2CCS(=O)CC2)cc1Cl. The summed E-state index contributed by atoms with van der Waals surface area (Å²) < 4.78 is 11.3. The van der Waals surface area contributed by atoms with Gasteiger partial charge in [-0.2, -0.15) is 0 Å². The van der Waals surface area contributed by atoms with E-state index in [1.54, 1.807) is 12.1 Å². The molecule has 1 saturated heterocycles. The van der Waals surface area contributed by atoms with Crippen LogP contribution in [0.1, 0.15) is 10.4 Å². The molecule has 0 atom stereocenters. The second-order valence-electron chi connectivity index (χ2n) is 3.92. The summed E-state index contributed by atoms with van der Waals surface area (Å²) in [6.07, 6.45) is 0. The van der Waals surface area contributed by atoms with E-state index in [1.807, 2.05) is 4.90 Å². The van der Waals surface area contributed by atoms with Gasteiger partial charge in [-0.15, -0.1) is 0 Å². The molecule has 18 heavy (non-hydrogen) atoms. The van der Waals surface area contributed by atoms with Crippen LogP contribution in [-0.4, -0.2) is 39.9 Å². The first-order chi connectivity index (χ1) is 8.49. The summed E-state index contributed by atoms with van der Waals surface area (Å²) in [5, 5.41) is 9.20. The molecule has 7 heteroatoms. The lowest BCUT2D eigenvalue weighted by Crippen LogP contribution is -2.37. The number of anilines is 1. The second-order valence-corrected chi connectivity index (χ2v) is 6.44. The average Bonchev–Trinajstić information content (AvgIpc) is 2.28. The molecule has 0 amide bonds. The zero-order chi connectivity index (χ0) is 13.3. The van der Waals surface area contributed by atoms with Crippen LogP contribution in [0.3, 0.4) is 0 Å². The third kappa shape index (κ3) is 2.79. The van der Waals surface area contributed by atoms with E-state index in [0.29, 0.717) is 24.6 Å². The van der Waals surface area contributed by atoms with Crippen molar-refractivity contribution in [1.82, 2.24) is 0 Å². The lowest BCUT2D eigenvalue weighted by atomic mass is 10.2. The topological polar surface area (TPSA) is 57.6 Å². The minimum Gasteiger partial charge on any atom is -0.478 e. The van der Waals surface area contributed by atoms with Crippen molar-refractivity contribution >= 4 is 45.7 Å². The van der Waals surface area contributed by atoms with Gasteiger partial charge in [0.25, 0.3) is 0 Å². The Bertz CT molecular complexity index is 488. The Balaban J connectivity index is 2.30. The van der Waals surface area contributed by atoms with Crippen molar-refractivity contribution in [3.8, 4) is 0 Å². The molecule has 0 aromatic heterocycles. The van der Waals surface area contributed by atoms with Gasteiger partial charge in [-0.3, -0.25) is 4.21 Å². The van der Waals surface area contributed by atoms with E-state index < -0.39 is 16.8 Å². The molecule has 0 spiro atoms. The maximum atomic E-state index is 11.3. The molecule has 2 rings (SSSR count). The summed E-state index contributed by atoms with van der Waals surface area (Å²) >= 11 is 11.9. The Morgan fingerprint density at radius 2 is 1.72 bits per heavy atom. The standard InChI is InChI=1S/C11H11Cl2NO3S/c12-8-5-7(6-9(13)10(8)11(15)16)14-1-3-18(17)4-2-14/h5-6H,1-4H2,(H,15,16). The van der Waals surface area contributed by atoms with Crippen LogP contribution in [0.2, 0.25) is 10.0 Å². The van der Waals surface area contributed by atoms with E-state index in [0.717, 1.165) is 5.69 Å². The fourth-order valence-electron chi connectivity index (χ4n) is 1.84. The quantitative estimate of drug-likeness (QED) is 0.910. The molecule has 0 bridgehead atoms. The van der Waals surface area contributed by atoms with Crippen molar-refractivity contribution in [1.29, 1.82) is 0 Å². The smallest absolute Gasteiger partial charge is 0.338 e. The van der Waals surface area contributed by atoms with Crippen molar-refractivity contribution in [3.05, 3.63) is 27.7 Å². The number of halogens is 2. The summed E-state index contributed by atoms with van der Waals surface area (Å²) in [7, 11) is -0.759. The van der Waals surface area contributed by atoms with E-state index in [2.05, 4.69) is 0 Å². The van der Waals surface area contributed by atoms with Gasteiger partial charge in [-0.25, -0.2) is 4.79 Å². The van der Waals surface area contributed by atoms with Gasteiger partial charge < -0.3 is 10.0 Å².